The molecule has 1 aromatic carbocycles. The van der Waals surface area contributed by atoms with Crippen molar-refractivity contribution in [1.82, 2.24) is 5.32 Å². The van der Waals surface area contributed by atoms with Gasteiger partial charge in [-0.2, -0.15) is 0 Å². The van der Waals surface area contributed by atoms with Gasteiger partial charge in [0.05, 0.1) is 18.3 Å². The molecule has 17 heavy (non-hydrogen) atoms. The van der Waals surface area contributed by atoms with Crippen molar-refractivity contribution in [2.45, 2.75) is 19.9 Å². The Labute approximate surface area is 99.6 Å². The lowest BCUT2D eigenvalue weighted by Gasteiger charge is -2.19. The number of halogens is 1. The van der Waals surface area contributed by atoms with E-state index in [0.717, 1.165) is 6.07 Å². The molecule has 94 valence electrons. The average molecular weight is 240 g/mol. The van der Waals surface area contributed by atoms with Gasteiger partial charge >= 0.3 is 0 Å². The van der Waals surface area contributed by atoms with Crippen molar-refractivity contribution in [1.29, 1.82) is 0 Å². The molecule has 5 heteroatoms. The maximum atomic E-state index is 12.9. The molecular weight excluding hydrogens is 223 g/mol. The topological polar surface area (TPSA) is 75.3 Å². The van der Waals surface area contributed by atoms with Gasteiger partial charge in [0.15, 0.2) is 0 Å². The summed E-state index contributed by atoms with van der Waals surface area (Å²) in [5.74, 6) is -0.810. The molecule has 4 nitrogen and oxygen atoms in total. The molecular formula is C12H17FN2O2. The molecule has 1 atom stereocenters. The molecule has 0 bridgehead atoms. The number of nitrogens with one attached hydrogen (secondary N) is 1. The lowest BCUT2D eigenvalue weighted by Crippen LogP contribution is -2.41. The molecule has 1 amide bonds. The highest BCUT2D eigenvalue weighted by Crippen LogP contribution is 2.12. The van der Waals surface area contributed by atoms with Crippen LogP contribution in [0.3, 0.4) is 0 Å². The standard InChI is InChI=1S/C12H17FN2O2/c1-7(2)11(6-16)15-12(17)8-3-4-9(13)10(14)5-8/h3-5,7,11,16H,6,14H2,1-2H3,(H,15,17)/t11-/m1/s1. The molecule has 0 aromatic heterocycles. The van der Waals surface area contributed by atoms with E-state index in [0.29, 0.717) is 0 Å². The summed E-state index contributed by atoms with van der Waals surface area (Å²) in [6, 6.07) is 3.46. The lowest BCUT2D eigenvalue weighted by atomic mass is 10.0. The summed E-state index contributed by atoms with van der Waals surface area (Å²) in [4.78, 5) is 11.8. The summed E-state index contributed by atoms with van der Waals surface area (Å²) in [5, 5.41) is 11.8. The van der Waals surface area contributed by atoms with Gasteiger partial charge in [-0.05, 0) is 24.1 Å². The molecule has 0 radical (unpaired) electrons. The van der Waals surface area contributed by atoms with Crippen LogP contribution < -0.4 is 11.1 Å². The lowest BCUT2D eigenvalue weighted by molar-refractivity contribution is 0.0897. The number of aliphatic hydroxyl groups excluding tert-OH is 1. The quantitative estimate of drug-likeness (QED) is 0.691. The molecule has 0 spiro atoms. The number of nitrogen functional groups attached to an aromatic ring is 1. The third-order valence-electron chi connectivity index (χ3n) is 2.58. The Morgan fingerprint density at radius 2 is 2.18 bits per heavy atom. The Morgan fingerprint density at radius 3 is 2.65 bits per heavy atom. The van der Waals surface area contributed by atoms with Crippen LogP contribution in [0.5, 0.6) is 0 Å². The van der Waals surface area contributed by atoms with Gasteiger partial charge in [-0.1, -0.05) is 13.8 Å². The molecule has 0 saturated carbocycles. The van der Waals surface area contributed by atoms with Crippen LogP contribution in [-0.2, 0) is 0 Å². The molecule has 0 unspecified atom stereocenters. The Balaban J connectivity index is 2.79. The zero-order valence-corrected chi connectivity index (χ0v) is 9.90. The highest BCUT2D eigenvalue weighted by atomic mass is 19.1. The third kappa shape index (κ3) is 3.42. The van der Waals surface area contributed by atoms with Crippen molar-refractivity contribution in [3.63, 3.8) is 0 Å². The predicted octanol–water partition coefficient (Wildman–Crippen LogP) is 1.15. The van der Waals surface area contributed by atoms with E-state index in [-0.39, 0.29) is 35.7 Å². The number of benzene rings is 1. The SMILES string of the molecule is CC(C)[C@@H](CO)NC(=O)c1ccc(F)c(N)c1. The van der Waals surface area contributed by atoms with E-state index in [9.17, 15) is 9.18 Å². The molecule has 1 aromatic rings. The van der Waals surface area contributed by atoms with E-state index in [4.69, 9.17) is 10.8 Å². The van der Waals surface area contributed by atoms with Crippen LogP contribution in [0.1, 0.15) is 24.2 Å². The Hall–Kier alpha value is -1.62. The predicted molar refractivity (Wildman–Crippen MR) is 64.0 cm³/mol. The van der Waals surface area contributed by atoms with Gasteiger partial charge < -0.3 is 16.2 Å². The van der Waals surface area contributed by atoms with Gasteiger partial charge in [-0.25, -0.2) is 4.39 Å². The number of hydrogen-bond acceptors (Lipinski definition) is 3. The normalized spacial score (nSPS) is 12.5. The molecule has 4 N–H and O–H groups in total. The van der Waals surface area contributed by atoms with Crippen LogP contribution in [0.4, 0.5) is 10.1 Å². The summed E-state index contributed by atoms with van der Waals surface area (Å²) in [5.41, 5.74) is 5.59. The van der Waals surface area contributed by atoms with Gasteiger partial charge in [0.1, 0.15) is 5.82 Å². The van der Waals surface area contributed by atoms with Crippen molar-refractivity contribution in [2.75, 3.05) is 12.3 Å². The van der Waals surface area contributed by atoms with Crippen molar-refractivity contribution >= 4 is 11.6 Å². The molecule has 1 rings (SSSR count). The summed E-state index contributed by atoms with van der Waals surface area (Å²) < 4.78 is 12.9. The summed E-state index contributed by atoms with van der Waals surface area (Å²) in [6.07, 6.45) is 0. The van der Waals surface area contributed by atoms with Crippen molar-refractivity contribution in [3.8, 4) is 0 Å². The maximum absolute atomic E-state index is 12.9. The smallest absolute Gasteiger partial charge is 0.251 e. The van der Waals surface area contributed by atoms with Crippen LogP contribution in [0.15, 0.2) is 18.2 Å². The molecule has 0 saturated heterocycles. The molecule has 0 aliphatic heterocycles. The van der Waals surface area contributed by atoms with E-state index < -0.39 is 5.82 Å². The number of rotatable bonds is 4. The minimum Gasteiger partial charge on any atom is -0.396 e. The van der Waals surface area contributed by atoms with Gasteiger partial charge in [0, 0.05) is 5.56 Å². The van der Waals surface area contributed by atoms with Gasteiger partial charge in [0.2, 0.25) is 0 Å². The van der Waals surface area contributed by atoms with E-state index >= 15 is 0 Å². The van der Waals surface area contributed by atoms with Crippen molar-refractivity contribution in [3.05, 3.63) is 29.6 Å². The second-order valence-corrected chi connectivity index (χ2v) is 4.24. The number of aliphatic hydroxyl groups is 1. The largest absolute Gasteiger partial charge is 0.396 e. The number of nitrogens with two attached hydrogens (primary N) is 1. The average Bonchev–Trinajstić information content (AvgIpc) is 2.28. The molecule has 0 fully saturated rings. The zero-order chi connectivity index (χ0) is 13.0. The summed E-state index contributed by atoms with van der Waals surface area (Å²) in [6.45, 7) is 3.64. The van der Waals surface area contributed by atoms with Crippen LogP contribution in [0, 0.1) is 11.7 Å². The van der Waals surface area contributed by atoms with E-state index in [1.54, 1.807) is 0 Å². The molecule has 0 aliphatic carbocycles. The number of carbonyl (C=O) groups is 1. The minimum atomic E-state index is -0.552. The number of hydrogen-bond donors (Lipinski definition) is 3. The summed E-state index contributed by atoms with van der Waals surface area (Å²) in [7, 11) is 0. The highest BCUT2D eigenvalue weighted by molar-refractivity contribution is 5.95. The third-order valence-corrected chi connectivity index (χ3v) is 2.58. The Kier molecular flexibility index (Phi) is 4.45. The van der Waals surface area contributed by atoms with Crippen LogP contribution in [-0.4, -0.2) is 23.7 Å². The first kappa shape index (κ1) is 13.4. The fourth-order valence-corrected chi connectivity index (χ4v) is 1.36. The first-order valence-corrected chi connectivity index (χ1v) is 5.42. The van der Waals surface area contributed by atoms with Gasteiger partial charge in [-0.15, -0.1) is 0 Å². The maximum Gasteiger partial charge on any atom is 0.251 e. The molecule has 0 heterocycles. The summed E-state index contributed by atoms with van der Waals surface area (Å²) >= 11 is 0. The second-order valence-electron chi connectivity index (χ2n) is 4.24. The Bertz CT molecular complexity index is 407. The number of carbonyl (C=O) groups excluding carboxylic acids is 1. The van der Waals surface area contributed by atoms with E-state index in [1.807, 2.05) is 13.8 Å². The van der Waals surface area contributed by atoms with E-state index in [2.05, 4.69) is 5.32 Å². The van der Waals surface area contributed by atoms with Crippen LogP contribution >= 0.6 is 0 Å². The first-order valence-electron chi connectivity index (χ1n) is 5.42. The minimum absolute atomic E-state index is 0.0669. The fourth-order valence-electron chi connectivity index (χ4n) is 1.36. The molecule has 0 aliphatic rings. The zero-order valence-electron chi connectivity index (χ0n) is 9.90. The van der Waals surface area contributed by atoms with Crippen molar-refractivity contribution < 1.29 is 14.3 Å². The number of anilines is 1. The highest BCUT2D eigenvalue weighted by Gasteiger charge is 2.16. The fraction of sp³-hybridized carbons (Fsp3) is 0.417. The number of amides is 1. The van der Waals surface area contributed by atoms with Gasteiger partial charge in [0.25, 0.3) is 5.91 Å². The Morgan fingerprint density at radius 1 is 1.53 bits per heavy atom. The first-order chi connectivity index (χ1) is 7.95. The van der Waals surface area contributed by atoms with Gasteiger partial charge in [-0.3, -0.25) is 4.79 Å². The van der Waals surface area contributed by atoms with E-state index in [1.165, 1.54) is 12.1 Å². The second kappa shape index (κ2) is 5.63. The van der Waals surface area contributed by atoms with Crippen LogP contribution in [0.2, 0.25) is 0 Å². The van der Waals surface area contributed by atoms with Crippen molar-refractivity contribution in [2.24, 2.45) is 5.92 Å². The monoisotopic (exact) mass is 240 g/mol. The van der Waals surface area contributed by atoms with Crippen LogP contribution in [0.25, 0.3) is 0 Å².